The molecule has 0 aliphatic carbocycles. The third-order valence-corrected chi connectivity index (χ3v) is 3.17. The van der Waals surface area contributed by atoms with Crippen molar-refractivity contribution >= 4 is 16.3 Å². The Bertz CT molecular complexity index is 585. The van der Waals surface area contributed by atoms with Gasteiger partial charge in [-0.2, -0.15) is 13.5 Å². The molecule has 8 heteroatoms. The van der Waals surface area contributed by atoms with Gasteiger partial charge in [0.25, 0.3) is 10.1 Å². The fraction of sp³-hybridized carbons (Fsp3) is 0.364. The van der Waals surface area contributed by atoms with E-state index >= 15 is 0 Å². The third kappa shape index (κ3) is 4.11. The SMILES string of the molecule is CN(CCS(=O)(=O)O)/N=C/c1ccc2c(c1)OCO2. The Morgan fingerprint density at radius 3 is 2.89 bits per heavy atom. The molecule has 0 fully saturated rings. The highest BCUT2D eigenvalue weighted by atomic mass is 32.2. The number of nitrogens with zero attached hydrogens (tertiary/aromatic N) is 2. The van der Waals surface area contributed by atoms with Crippen LogP contribution >= 0.6 is 0 Å². The first-order valence-corrected chi connectivity index (χ1v) is 7.15. The summed E-state index contributed by atoms with van der Waals surface area (Å²) < 4.78 is 40.2. The van der Waals surface area contributed by atoms with Crippen molar-refractivity contribution in [3.8, 4) is 11.5 Å². The van der Waals surface area contributed by atoms with Crippen molar-refractivity contribution < 1.29 is 22.4 Å². The van der Waals surface area contributed by atoms with Gasteiger partial charge in [-0.1, -0.05) is 0 Å². The van der Waals surface area contributed by atoms with E-state index in [1.54, 1.807) is 25.4 Å². The first kappa shape index (κ1) is 13.6. The van der Waals surface area contributed by atoms with Crippen LogP contribution in [0.15, 0.2) is 23.3 Å². The van der Waals surface area contributed by atoms with E-state index in [9.17, 15) is 8.42 Å². The summed E-state index contributed by atoms with van der Waals surface area (Å²) in [6.07, 6.45) is 1.58. The van der Waals surface area contributed by atoms with Crippen molar-refractivity contribution in [1.29, 1.82) is 0 Å². The molecule has 0 bridgehead atoms. The van der Waals surface area contributed by atoms with Crippen LogP contribution in [0.1, 0.15) is 5.56 Å². The molecule has 1 heterocycles. The van der Waals surface area contributed by atoms with E-state index in [2.05, 4.69) is 5.10 Å². The van der Waals surface area contributed by atoms with Crippen LogP contribution in [0.4, 0.5) is 0 Å². The van der Waals surface area contributed by atoms with Crippen LogP contribution in [0.5, 0.6) is 11.5 Å². The Hall–Kier alpha value is -1.80. The second kappa shape index (κ2) is 5.45. The molecule has 0 unspecified atom stereocenters. The number of rotatable bonds is 5. The van der Waals surface area contributed by atoms with Crippen molar-refractivity contribution in [2.45, 2.75) is 0 Å². The molecule has 0 spiro atoms. The van der Waals surface area contributed by atoms with E-state index < -0.39 is 10.1 Å². The number of hydrogen-bond acceptors (Lipinski definition) is 6. The van der Waals surface area contributed by atoms with Crippen molar-refractivity contribution in [1.82, 2.24) is 5.01 Å². The standard InChI is InChI=1S/C11H14N2O5S/c1-13(4-5-19(14,15)16)12-7-9-2-3-10-11(6-9)18-8-17-10/h2-3,6-7H,4-5,8H2,1H3,(H,14,15,16)/b12-7+. The normalized spacial score (nSPS) is 14.0. The number of hydrazone groups is 1. The van der Waals surface area contributed by atoms with Gasteiger partial charge in [0, 0.05) is 7.05 Å². The molecule has 0 aromatic heterocycles. The largest absolute Gasteiger partial charge is 0.454 e. The van der Waals surface area contributed by atoms with Crippen LogP contribution in [0.3, 0.4) is 0 Å². The fourth-order valence-corrected chi connectivity index (χ4v) is 1.96. The molecule has 1 N–H and O–H groups in total. The summed E-state index contributed by atoms with van der Waals surface area (Å²) in [5.74, 6) is 0.989. The topological polar surface area (TPSA) is 88.4 Å². The number of hydrogen-bond donors (Lipinski definition) is 1. The molecule has 1 aliphatic heterocycles. The van der Waals surface area contributed by atoms with Crippen molar-refractivity contribution in [3.63, 3.8) is 0 Å². The zero-order valence-corrected chi connectivity index (χ0v) is 11.1. The Labute approximate surface area is 111 Å². The number of benzene rings is 1. The molecule has 1 aromatic carbocycles. The predicted octanol–water partition coefficient (Wildman–Crippen LogP) is 0.569. The molecule has 104 valence electrons. The summed E-state index contributed by atoms with van der Waals surface area (Å²) in [5.41, 5.74) is 0.808. The van der Waals surface area contributed by atoms with Crippen LogP contribution in [-0.4, -0.2) is 50.3 Å². The van der Waals surface area contributed by atoms with E-state index in [0.717, 1.165) is 5.56 Å². The molecule has 1 aromatic rings. The highest BCUT2D eigenvalue weighted by Crippen LogP contribution is 2.31. The van der Waals surface area contributed by atoms with Gasteiger partial charge in [0.05, 0.1) is 18.5 Å². The van der Waals surface area contributed by atoms with Crippen LogP contribution in [-0.2, 0) is 10.1 Å². The van der Waals surface area contributed by atoms with Gasteiger partial charge in [0.2, 0.25) is 6.79 Å². The zero-order chi connectivity index (χ0) is 13.9. The molecule has 19 heavy (non-hydrogen) atoms. The van der Waals surface area contributed by atoms with E-state index in [1.807, 2.05) is 6.07 Å². The van der Waals surface area contributed by atoms with Crippen molar-refractivity contribution in [2.24, 2.45) is 5.10 Å². The Kier molecular flexibility index (Phi) is 3.91. The lowest BCUT2D eigenvalue weighted by Gasteiger charge is -2.10. The lowest BCUT2D eigenvalue weighted by molar-refractivity contribution is 0.174. The highest BCUT2D eigenvalue weighted by Gasteiger charge is 2.12. The first-order chi connectivity index (χ1) is 8.94. The first-order valence-electron chi connectivity index (χ1n) is 5.54. The van der Waals surface area contributed by atoms with Crippen LogP contribution in [0.25, 0.3) is 0 Å². The summed E-state index contributed by atoms with van der Waals surface area (Å²) in [6, 6.07) is 5.37. The molecule has 0 atom stereocenters. The molecule has 0 saturated carbocycles. The molecular formula is C11H14N2O5S. The zero-order valence-electron chi connectivity index (χ0n) is 10.3. The van der Waals surface area contributed by atoms with Crippen molar-refractivity contribution in [3.05, 3.63) is 23.8 Å². The van der Waals surface area contributed by atoms with Gasteiger partial charge >= 0.3 is 0 Å². The fourth-order valence-electron chi connectivity index (χ4n) is 1.46. The number of fused-ring (bicyclic) bond motifs is 1. The van der Waals surface area contributed by atoms with E-state index in [4.69, 9.17) is 14.0 Å². The van der Waals surface area contributed by atoms with Gasteiger partial charge in [-0.15, -0.1) is 0 Å². The van der Waals surface area contributed by atoms with Crippen LogP contribution < -0.4 is 9.47 Å². The van der Waals surface area contributed by atoms with Crippen LogP contribution in [0.2, 0.25) is 0 Å². The summed E-state index contributed by atoms with van der Waals surface area (Å²) in [5, 5.41) is 5.49. The Balaban J connectivity index is 1.95. The molecular weight excluding hydrogens is 272 g/mol. The minimum absolute atomic E-state index is 0.111. The van der Waals surface area contributed by atoms with Gasteiger partial charge in [-0.05, 0) is 23.8 Å². The van der Waals surface area contributed by atoms with Gasteiger partial charge in [0.15, 0.2) is 11.5 Å². The Morgan fingerprint density at radius 2 is 2.16 bits per heavy atom. The lowest BCUT2D eigenvalue weighted by atomic mass is 10.2. The summed E-state index contributed by atoms with van der Waals surface area (Å²) in [4.78, 5) is 0. The summed E-state index contributed by atoms with van der Waals surface area (Å²) in [6.45, 7) is 0.323. The van der Waals surface area contributed by atoms with Gasteiger partial charge < -0.3 is 9.47 Å². The summed E-state index contributed by atoms with van der Waals surface area (Å²) in [7, 11) is -2.34. The monoisotopic (exact) mass is 286 g/mol. The molecule has 0 saturated heterocycles. The van der Waals surface area contributed by atoms with Gasteiger partial charge in [-0.3, -0.25) is 9.56 Å². The maximum Gasteiger partial charge on any atom is 0.266 e. The maximum atomic E-state index is 10.6. The Morgan fingerprint density at radius 1 is 1.42 bits per heavy atom. The minimum atomic E-state index is -3.96. The highest BCUT2D eigenvalue weighted by molar-refractivity contribution is 7.85. The van der Waals surface area contributed by atoms with Gasteiger partial charge in [-0.25, -0.2) is 0 Å². The van der Waals surface area contributed by atoms with E-state index in [-0.39, 0.29) is 19.1 Å². The van der Waals surface area contributed by atoms with E-state index in [0.29, 0.717) is 11.5 Å². The van der Waals surface area contributed by atoms with E-state index in [1.165, 1.54) is 5.01 Å². The maximum absolute atomic E-state index is 10.6. The van der Waals surface area contributed by atoms with Gasteiger partial charge in [0.1, 0.15) is 0 Å². The van der Waals surface area contributed by atoms with Crippen molar-refractivity contribution in [2.75, 3.05) is 26.1 Å². The molecule has 0 radical (unpaired) electrons. The second-order valence-electron chi connectivity index (χ2n) is 4.02. The molecule has 7 nitrogen and oxygen atoms in total. The average Bonchev–Trinajstić information content (AvgIpc) is 2.80. The minimum Gasteiger partial charge on any atom is -0.454 e. The second-order valence-corrected chi connectivity index (χ2v) is 5.60. The lowest BCUT2D eigenvalue weighted by Crippen LogP contribution is -2.21. The predicted molar refractivity (Wildman–Crippen MR) is 69.2 cm³/mol. The molecule has 1 aliphatic rings. The quantitative estimate of drug-likeness (QED) is 0.483. The molecule has 2 rings (SSSR count). The smallest absolute Gasteiger partial charge is 0.266 e. The average molecular weight is 286 g/mol. The summed E-state index contributed by atoms with van der Waals surface area (Å²) >= 11 is 0. The molecule has 0 amide bonds. The van der Waals surface area contributed by atoms with Crippen LogP contribution in [0, 0.1) is 0 Å². The third-order valence-electron chi connectivity index (χ3n) is 2.47. The number of ether oxygens (including phenoxy) is 2.